The van der Waals surface area contributed by atoms with Crippen LogP contribution in [0.1, 0.15) is 46.0 Å². The number of aliphatic hydroxyl groups is 1. The van der Waals surface area contributed by atoms with E-state index in [9.17, 15) is 5.11 Å². The van der Waals surface area contributed by atoms with E-state index in [-0.39, 0.29) is 11.5 Å². The first-order valence-electron chi connectivity index (χ1n) is 6.56. The maximum absolute atomic E-state index is 9.95. The molecule has 1 fully saturated rings. The van der Waals surface area contributed by atoms with Crippen LogP contribution < -0.4 is 5.73 Å². The fourth-order valence-electron chi connectivity index (χ4n) is 2.45. The average Bonchev–Trinajstić information content (AvgIpc) is 2.60. The van der Waals surface area contributed by atoms with E-state index in [1.54, 1.807) is 0 Å². The van der Waals surface area contributed by atoms with Gasteiger partial charge in [0.25, 0.3) is 0 Å². The topological polar surface area (TPSA) is 55.5 Å². The van der Waals surface area contributed by atoms with Gasteiger partial charge in [0.05, 0.1) is 6.10 Å². The number of ether oxygens (including phenoxy) is 1. The molecule has 0 radical (unpaired) electrons. The van der Waals surface area contributed by atoms with Crippen molar-refractivity contribution in [3.05, 3.63) is 0 Å². The Morgan fingerprint density at radius 3 is 2.69 bits per heavy atom. The van der Waals surface area contributed by atoms with E-state index >= 15 is 0 Å². The lowest BCUT2D eigenvalue weighted by atomic mass is 9.81. The van der Waals surface area contributed by atoms with Crippen molar-refractivity contribution in [3.8, 4) is 0 Å². The summed E-state index contributed by atoms with van der Waals surface area (Å²) in [5.74, 6) is 0.695. The van der Waals surface area contributed by atoms with Gasteiger partial charge in [0.1, 0.15) is 0 Å². The van der Waals surface area contributed by atoms with Crippen LogP contribution in [0.25, 0.3) is 0 Å². The van der Waals surface area contributed by atoms with Gasteiger partial charge in [0.2, 0.25) is 0 Å². The average molecular weight is 229 g/mol. The number of hydrogen-bond acceptors (Lipinski definition) is 3. The van der Waals surface area contributed by atoms with Crippen molar-refractivity contribution in [2.75, 3.05) is 19.8 Å². The summed E-state index contributed by atoms with van der Waals surface area (Å²) in [6.07, 6.45) is 4.86. The molecule has 0 saturated heterocycles. The van der Waals surface area contributed by atoms with Crippen molar-refractivity contribution in [1.29, 1.82) is 0 Å². The fourth-order valence-corrected chi connectivity index (χ4v) is 2.45. The van der Waals surface area contributed by atoms with E-state index in [2.05, 4.69) is 13.8 Å². The summed E-state index contributed by atoms with van der Waals surface area (Å²) in [5, 5.41) is 9.95. The van der Waals surface area contributed by atoms with Crippen LogP contribution in [0.3, 0.4) is 0 Å². The molecule has 1 aliphatic rings. The van der Waals surface area contributed by atoms with E-state index in [0.29, 0.717) is 12.5 Å². The largest absolute Gasteiger partial charge is 0.392 e. The molecule has 1 saturated carbocycles. The Labute approximate surface area is 99.4 Å². The van der Waals surface area contributed by atoms with Gasteiger partial charge in [-0.3, -0.25) is 0 Å². The van der Waals surface area contributed by atoms with E-state index in [0.717, 1.165) is 45.3 Å². The summed E-state index contributed by atoms with van der Waals surface area (Å²) >= 11 is 0. The van der Waals surface area contributed by atoms with Crippen LogP contribution in [0.5, 0.6) is 0 Å². The van der Waals surface area contributed by atoms with Crippen molar-refractivity contribution in [3.63, 3.8) is 0 Å². The maximum atomic E-state index is 9.95. The fraction of sp³-hybridized carbons (Fsp3) is 1.00. The Balaban J connectivity index is 2.19. The van der Waals surface area contributed by atoms with Gasteiger partial charge in [-0.05, 0) is 31.6 Å². The number of aliphatic hydroxyl groups excluding tert-OH is 1. The second-order valence-electron chi connectivity index (χ2n) is 5.52. The summed E-state index contributed by atoms with van der Waals surface area (Å²) in [6, 6.07) is 0. The van der Waals surface area contributed by atoms with Crippen LogP contribution in [0.2, 0.25) is 0 Å². The molecule has 0 aromatic rings. The Kier molecular flexibility index (Phi) is 5.73. The van der Waals surface area contributed by atoms with Crippen molar-refractivity contribution in [2.24, 2.45) is 17.1 Å². The van der Waals surface area contributed by atoms with Gasteiger partial charge in [0.15, 0.2) is 0 Å². The molecule has 0 aromatic heterocycles. The SMILES string of the molecule is CC(C)CCOCCC1(CN)CCCC1O. The lowest BCUT2D eigenvalue weighted by molar-refractivity contribution is 0.0200. The molecule has 0 aromatic carbocycles. The zero-order chi connectivity index (χ0) is 12.0. The Bertz CT molecular complexity index is 196. The molecule has 3 heteroatoms. The lowest BCUT2D eigenvalue weighted by Gasteiger charge is -2.31. The van der Waals surface area contributed by atoms with Gasteiger partial charge in [-0.1, -0.05) is 20.3 Å². The van der Waals surface area contributed by atoms with E-state index in [4.69, 9.17) is 10.5 Å². The molecule has 2 atom stereocenters. The molecule has 0 spiro atoms. The van der Waals surface area contributed by atoms with Crippen molar-refractivity contribution >= 4 is 0 Å². The lowest BCUT2D eigenvalue weighted by Crippen LogP contribution is -2.38. The molecule has 3 nitrogen and oxygen atoms in total. The van der Waals surface area contributed by atoms with Crippen LogP contribution in [-0.2, 0) is 4.74 Å². The van der Waals surface area contributed by atoms with Crippen molar-refractivity contribution in [2.45, 2.75) is 52.1 Å². The van der Waals surface area contributed by atoms with E-state index in [1.165, 1.54) is 0 Å². The van der Waals surface area contributed by atoms with Gasteiger partial charge in [-0.2, -0.15) is 0 Å². The number of hydrogen-bond donors (Lipinski definition) is 2. The second-order valence-corrected chi connectivity index (χ2v) is 5.52. The minimum atomic E-state index is -0.216. The summed E-state index contributed by atoms with van der Waals surface area (Å²) in [6.45, 7) is 6.55. The van der Waals surface area contributed by atoms with Crippen molar-refractivity contribution in [1.82, 2.24) is 0 Å². The standard InChI is InChI=1S/C13H27NO2/c1-11(2)5-8-16-9-7-13(10-14)6-3-4-12(13)15/h11-12,15H,3-10,14H2,1-2H3. The first-order chi connectivity index (χ1) is 7.60. The smallest absolute Gasteiger partial charge is 0.0609 e. The van der Waals surface area contributed by atoms with Gasteiger partial charge in [-0.25, -0.2) is 0 Å². The minimum absolute atomic E-state index is 0.0577. The molecular weight excluding hydrogens is 202 g/mol. The zero-order valence-corrected chi connectivity index (χ0v) is 10.7. The van der Waals surface area contributed by atoms with Gasteiger partial charge < -0.3 is 15.6 Å². The first-order valence-corrected chi connectivity index (χ1v) is 6.56. The van der Waals surface area contributed by atoms with E-state index in [1.807, 2.05) is 0 Å². The summed E-state index contributed by atoms with van der Waals surface area (Å²) in [4.78, 5) is 0. The Hall–Kier alpha value is -0.120. The quantitative estimate of drug-likeness (QED) is 0.656. The molecule has 0 bridgehead atoms. The molecule has 0 heterocycles. The Morgan fingerprint density at radius 1 is 1.44 bits per heavy atom. The van der Waals surface area contributed by atoms with Crippen LogP contribution in [0, 0.1) is 11.3 Å². The van der Waals surface area contributed by atoms with Crippen molar-refractivity contribution < 1.29 is 9.84 Å². The molecular formula is C13H27NO2. The zero-order valence-electron chi connectivity index (χ0n) is 10.7. The van der Waals surface area contributed by atoms with Crippen LogP contribution in [0.4, 0.5) is 0 Å². The third kappa shape index (κ3) is 3.72. The monoisotopic (exact) mass is 229 g/mol. The summed E-state index contributed by atoms with van der Waals surface area (Å²) in [5.41, 5.74) is 5.75. The molecule has 2 unspecified atom stereocenters. The predicted molar refractivity (Wildman–Crippen MR) is 66.2 cm³/mol. The summed E-state index contributed by atoms with van der Waals surface area (Å²) < 4.78 is 5.61. The van der Waals surface area contributed by atoms with Gasteiger partial charge in [-0.15, -0.1) is 0 Å². The maximum Gasteiger partial charge on any atom is 0.0609 e. The minimum Gasteiger partial charge on any atom is -0.392 e. The number of nitrogens with two attached hydrogens (primary N) is 1. The first kappa shape index (κ1) is 13.9. The van der Waals surface area contributed by atoms with Gasteiger partial charge in [0, 0.05) is 25.2 Å². The van der Waals surface area contributed by atoms with Crippen LogP contribution in [0.15, 0.2) is 0 Å². The molecule has 96 valence electrons. The summed E-state index contributed by atoms with van der Waals surface area (Å²) in [7, 11) is 0. The molecule has 0 amide bonds. The van der Waals surface area contributed by atoms with Gasteiger partial charge >= 0.3 is 0 Å². The van der Waals surface area contributed by atoms with Crippen LogP contribution in [-0.4, -0.2) is 31.0 Å². The predicted octanol–water partition coefficient (Wildman–Crippen LogP) is 1.93. The molecule has 1 rings (SSSR count). The number of rotatable bonds is 7. The van der Waals surface area contributed by atoms with Crippen LogP contribution >= 0.6 is 0 Å². The second kappa shape index (κ2) is 6.58. The normalized spacial score (nSPS) is 30.2. The highest BCUT2D eigenvalue weighted by Gasteiger charge is 2.40. The third-order valence-corrected chi connectivity index (χ3v) is 3.85. The molecule has 1 aliphatic carbocycles. The molecule has 3 N–H and O–H groups in total. The highest BCUT2D eigenvalue weighted by molar-refractivity contribution is 4.92. The Morgan fingerprint density at radius 2 is 2.19 bits per heavy atom. The van der Waals surface area contributed by atoms with E-state index < -0.39 is 0 Å². The molecule has 16 heavy (non-hydrogen) atoms. The third-order valence-electron chi connectivity index (χ3n) is 3.85. The highest BCUT2D eigenvalue weighted by atomic mass is 16.5. The highest BCUT2D eigenvalue weighted by Crippen LogP contribution is 2.40. The molecule has 0 aliphatic heterocycles.